The van der Waals surface area contributed by atoms with Gasteiger partial charge >= 0.3 is 0 Å². The molecule has 2 aromatic rings. The van der Waals surface area contributed by atoms with Crippen LogP contribution in [-0.2, 0) is 11.8 Å². The van der Waals surface area contributed by atoms with E-state index >= 15 is 0 Å². The topological polar surface area (TPSA) is 51.0 Å². The summed E-state index contributed by atoms with van der Waals surface area (Å²) in [6.07, 6.45) is 0.744. The standard InChI is InChI=1S/C15H21N3O/c1-11(16-4)10-13-17-14(18-19-13)15(2,3)12-8-6-5-7-9-12/h5-9,11,16H,10H2,1-4H3. The Bertz CT molecular complexity index is 519. The summed E-state index contributed by atoms with van der Waals surface area (Å²) >= 11 is 0. The molecule has 0 saturated heterocycles. The van der Waals surface area contributed by atoms with E-state index in [9.17, 15) is 0 Å². The van der Waals surface area contributed by atoms with Gasteiger partial charge in [-0.05, 0) is 33.4 Å². The van der Waals surface area contributed by atoms with Gasteiger partial charge < -0.3 is 9.84 Å². The number of hydrogen-bond acceptors (Lipinski definition) is 4. The normalized spacial score (nSPS) is 13.5. The monoisotopic (exact) mass is 259 g/mol. The summed E-state index contributed by atoms with van der Waals surface area (Å²) in [7, 11) is 1.93. The van der Waals surface area contributed by atoms with Crippen molar-refractivity contribution in [3.63, 3.8) is 0 Å². The van der Waals surface area contributed by atoms with Gasteiger partial charge in [0.2, 0.25) is 5.89 Å². The van der Waals surface area contributed by atoms with E-state index < -0.39 is 0 Å². The zero-order valence-corrected chi connectivity index (χ0v) is 12.0. The molecule has 1 N–H and O–H groups in total. The fourth-order valence-electron chi connectivity index (χ4n) is 1.94. The Balaban J connectivity index is 2.22. The van der Waals surface area contributed by atoms with Crippen LogP contribution in [0.5, 0.6) is 0 Å². The minimum atomic E-state index is -0.244. The summed E-state index contributed by atoms with van der Waals surface area (Å²) < 4.78 is 5.34. The molecule has 1 aromatic heterocycles. The summed E-state index contributed by atoms with van der Waals surface area (Å²) in [5.74, 6) is 1.41. The maximum Gasteiger partial charge on any atom is 0.228 e. The molecule has 102 valence electrons. The Kier molecular flexibility index (Phi) is 4.00. The zero-order valence-electron chi connectivity index (χ0n) is 12.0. The van der Waals surface area contributed by atoms with Crippen molar-refractivity contribution in [1.29, 1.82) is 0 Å². The maximum absolute atomic E-state index is 5.34. The van der Waals surface area contributed by atoms with Crippen LogP contribution in [0.3, 0.4) is 0 Å². The smallest absolute Gasteiger partial charge is 0.228 e. The lowest BCUT2D eigenvalue weighted by Crippen LogP contribution is -2.24. The Morgan fingerprint density at radius 2 is 1.95 bits per heavy atom. The molecule has 19 heavy (non-hydrogen) atoms. The van der Waals surface area contributed by atoms with Crippen LogP contribution in [0.1, 0.15) is 38.0 Å². The van der Waals surface area contributed by atoms with Gasteiger partial charge in [-0.15, -0.1) is 0 Å². The Labute approximate surface area is 114 Å². The molecule has 1 atom stereocenters. The zero-order chi connectivity index (χ0) is 13.9. The summed E-state index contributed by atoms with van der Waals surface area (Å²) in [6.45, 7) is 6.31. The number of rotatable bonds is 5. The van der Waals surface area contributed by atoms with Crippen LogP contribution in [0.2, 0.25) is 0 Å². The summed E-state index contributed by atoms with van der Waals surface area (Å²) in [5, 5.41) is 7.30. The van der Waals surface area contributed by atoms with Crippen molar-refractivity contribution < 1.29 is 4.52 Å². The van der Waals surface area contributed by atoms with Crippen LogP contribution in [0.15, 0.2) is 34.9 Å². The third-order valence-corrected chi connectivity index (χ3v) is 3.50. The molecular formula is C15H21N3O. The van der Waals surface area contributed by atoms with Gasteiger partial charge in [-0.2, -0.15) is 4.98 Å². The molecule has 0 bridgehead atoms. The van der Waals surface area contributed by atoms with Gasteiger partial charge in [-0.3, -0.25) is 0 Å². The van der Waals surface area contributed by atoms with Gasteiger partial charge in [0.25, 0.3) is 0 Å². The Hall–Kier alpha value is -1.68. The van der Waals surface area contributed by atoms with Crippen LogP contribution in [-0.4, -0.2) is 23.2 Å². The van der Waals surface area contributed by atoms with Crippen molar-refractivity contribution in [2.75, 3.05) is 7.05 Å². The van der Waals surface area contributed by atoms with Gasteiger partial charge in [0.1, 0.15) is 0 Å². The fourth-order valence-corrected chi connectivity index (χ4v) is 1.94. The van der Waals surface area contributed by atoms with Gasteiger partial charge in [-0.1, -0.05) is 35.5 Å². The lowest BCUT2D eigenvalue weighted by Gasteiger charge is -2.20. The van der Waals surface area contributed by atoms with Crippen LogP contribution in [0, 0.1) is 0 Å². The van der Waals surface area contributed by atoms with Gasteiger partial charge in [0, 0.05) is 12.5 Å². The molecule has 1 unspecified atom stereocenters. The molecule has 0 aliphatic carbocycles. The Morgan fingerprint density at radius 1 is 1.26 bits per heavy atom. The first-order valence-corrected chi connectivity index (χ1v) is 6.60. The van der Waals surface area contributed by atoms with E-state index in [1.807, 2.05) is 25.2 Å². The van der Waals surface area contributed by atoms with Crippen LogP contribution >= 0.6 is 0 Å². The molecule has 0 radical (unpaired) electrons. The van der Waals surface area contributed by atoms with Gasteiger partial charge in [0.05, 0.1) is 5.41 Å². The van der Waals surface area contributed by atoms with E-state index in [-0.39, 0.29) is 5.41 Å². The molecule has 0 aliphatic heterocycles. The predicted molar refractivity (Wildman–Crippen MR) is 75.1 cm³/mol. The van der Waals surface area contributed by atoms with Crippen molar-refractivity contribution in [3.05, 3.63) is 47.6 Å². The minimum Gasteiger partial charge on any atom is -0.339 e. The Morgan fingerprint density at radius 3 is 2.58 bits per heavy atom. The van der Waals surface area contributed by atoms with Crippen molar-refractivity contribution in [3.8, 4) is 0 Å². The number of hydrogen-bond donors (Lipinski definition) is 1. The van der Waals surface area contributed by atoms with Gasteiger partial charge in [-0.25, -0.2) is 0 Å². The van der Waals surface area contributed by atoms with E-state index in [0.717, 1.165) is 12.2 Å². The summed E-state index contributed by atoms with van der Waals surface area (Å²) in [4.78, 5) is 4.53. The largest absolute Gasteiger partial charge is 0.339 e. The van der Waals surface area contributed by atoms with Crippen LogP contribution < -0.4 is 5.32 Å². The molecule has 0 amide bonds. The summed E-state index contributed by atoms with van der Waals surface area (Å²) in [6, 6.07) is 10.6. The molecule has 0 saturated carbocycles. The average Bonchev–Trinajstić information content (AvgIpc) is 2.89. The highest BCUT2D eigenvalue weighted by Crippen LogP contribution is 2.28. The van der Waals surface area contributed by atoms with E-state index in [4.69, 9.17) is 4.52 Å². The highest BCUT2D eigenvalue weighted by Gasteiger charge is 2.28. The molecular weight excluding hydrogens is 238 g/mol. The molecule has 4 heteroatoms. The second-order valence-corrected chi connectivity index (χ2v) is 5.40. The fraction of sp³-hybridized carbons (Fsp3) is 0.467. The first-order valence-electron chi connectivity index (χ1n) is 6.60. The molecule has 4 nitrogen and oxygen atoms in total. The second-order valence-electron chi connectivity index (χ2n) is 5.40. The van der Waals surface area contributed by atoms with Crippen molar-refractivity contribution in [1.82, 2.24) is 15.5 Å². The molecule has 1 aromatic carbocycles. The highest BCUT2D eigenvalue weighted by atomic mass is 16.5. The number of benzene rings is 1. The first-order chi connectivity index (χ1) is 9.04. The maximum atomic E-state index is 5.34. The molecule has 0 fully saturated rings. The minimum absolute atomic E-state index is 0.244. The first kappa shape index (κ1) is 13.7. The second kappa shape index (κ2) is 5.53. The lowest BCUT2D eigenvalue weighted by atomic mass is 9.84. The van der Waals surface area contributed by atoms with Crippen molar-refractivity contribution >= 4 is 0 Å². The third-order valence-electron chi connectivity index (χ3n) is 3.50. The van der Waals surface area contributed by atoms with E-state index in [1.165, 1.54) is 5.56 Å². The molecule has 2 rings (SSSR count). The van der Waals surface area contributed by atoms with Crippen LogP contribution in [0.25, 0.3) is 0 Å². The average molecular weight is 259 g/mol. The summed E-state index contributed by atoms with van der Waals surface area (Å²) in [5.41, 5.74) is 0.940. The van der Waals surface area contributed by atoms with E-state index in [1.54, 1.807) is 0 Å². The molecule has 0 aliphatic rings. The third kappa shape index (κ3) is 3.01. The molecule has 0 spiro atoms. The van der Waals surface area contributed by atoms with Crippen molar-refractivity contribution in [2.24, 2.45) is 0 Å². The molecule has 1 heterocycles. The lowest BCUT2D eigenvalue weighted by molar-refractivity contribution is 0.355. The quantitative estimate of drug-likeness (QED) is 0.896. The van der Waals surface area contributed by atoms with E-state index in [2.05, 4.69) is 48.4 Å². The SMILES string of the molecule is CNC(C)Cc1nc(C(C)(C)c2ccccc2)no1. The van der Waals surface area contributed by atoms with Crippen LogP contribution in [0.4, 0.5) is 0 Å². The predicted octanol–water partition coefficient (Wildman–Crippen LogP) is 2.55. The highest BCUT2D eigenvalue weighted by molar-refractivity contribution is 5.30. The van der Waals surface area contributed by atoms with E-state index in [0.29, 0.717) is 11.9 Å². The van der Waals surface area contributed by atoms with Crippen molar-refractivity contribution in [2.45, 2.75) is 38.6 Å². The number of likely N-dealkylation sites (N-methyl/N-ethyl adjacent to an activating group) is 1. The number of nitrogens with zero attached hydrogens (tertiary/aromatic N) is 2. The van der Waals surface area contributed by atoms with Gasteiger partial charge in [0.15, 0.2) is 5.82 Å². The number of nitrogens with one attached hydrogen (secondary N) is 1. The number of aromatic nitrogens is 2.